The maximum absolute atomic E-state index is 13.6. The van der Waals surface area contributed by atoms with Gasteiger partial charge in [-0.3, -0.25) is 5.32 Å². The van der Waals surface area contributed by atoms with Crippen LogP contribution in [-0.4, -0.2) is 17.2 Å². The number of aromatic carboxylic acids is 1. The van der Waals surface area contributed by atoms with Crippen molar-refractivity contribution in [3.05, 3.63) is 64.4 Å². The van der Waals surface area contributed by atoms with Gasteiger partial charge in [0.05, 0.1) is 5.69 Å². The molecule has 2 aromatic carbocycles. The van der Waals surface area contributed by atoms with Crippen molar-refractivity contribution in [2.75, 3.05) is 5.32 Å². The number of carboxylic acids is 1. The summed E-state index contributed by atoms with van der Waals surface area (Å²) in [4.78, 5) is 22.7. The normalized spacial score (nSPS) is 10.1. The van der Waals surface area contributed by atoms with Gasteiger partial charge in [-0.25, -0.2) is 14.0 Å². The van der Waals surface area contributed by atoms with E-state index in [2.05, 4.69) is 5.32 Å². The first-order valence-corrected chi connectivity index (χ1v) is 6.55. The number of anilines is 1. The van der Waals surface area contributed by atoms with Gasteiger partial charge in [0.2, 0.25) is 0 Å². The number of rotatable bonds is 4. The summed E-state index contributed by atoms with van der Waals surface area (Å²) in [5.74, 6) is -2.56. The van der Waals surface area contributed by atoms with Crippen LogP contribution < -0.4 is 5.32 Å². The number of ether oxygens (including phenoxy) is 1. The third-order valence-corrected chi connectivity index (χ3v) is 2.94. The second-order valence-corrected chi connectivity index (χ2v) is 4.74. The molecule has 114 valence electrons. The lowest BCUT2D eigenvalue weighted by atomic mass is 10.1. The Labute approximate surface area is 130 Å². The van der Waals surface area contributed by atoms with Gasteiger partial charge in [-0.15, -0.1) is 0 Å². The minimum atomic E-state index is -1.52. The van der Waals surface area contributed by atoms with E-state index in [0.29, 0.717) is 0 Å². The van der Waals surface area contributed by atoms with Crippen LogP contribution in [0, 0.1) is 5.82 Å². The van der Waals surface area contributed by atoms with E-state index in [1.807, 2.05) is 6.07 Å². The first-order chi connectivity index (χ1) is 10.5. The molecule has 0 spiro atoms. The fourth-order valence-electron chi connectivity index (χ4n) is 1.76. The van der Waals surface area contributed by atoms with Gasteiger partial charge >= 0.3 is 12.1 Å². The molecule has 0 aliphatic heterocycles. The van der Waals surface area contributed by atoms with E-state index < -0.39 is 23.4 Å². The molecule has 0 radical (unpaired) electrons. The van der Waals surface area contributed by atoms with Crippen molar-refractivity contribution in [2.45, 2.75) is 6.61 Å². The number of carbonyl (C=O) groups excluding carboxylic acids is 1. The lowest BCUT2D eigenvalue weighted by molar-refractivity contribution is 0.0693. The van der Waals surface area contributed by atoms with Crippen molar-refractivity contribution in [3.63, 3.8) is 0 Å². The fourth-order valence-corrected chi connectivity index (χ4v) is 1.96. The predicted molar refractivity (Wildman–Crippen MR) is 78.6 cm³/mol. The molecule has 0 saturated heterocycles. The minimum Gasteiger partial charge on any atom is -0.478 e. The Hall–Kier alpha value is -2.60. The van der Waals surface area contributed by atoms with Crippen LogP contribution in [0.1, 0.15) is 15.9 Å². The van der Waals surface area contributed by atoms with Crippen LogP contribution in [0.3, 0.4) is 0 Å². The molecule has 0 unspecified atom stereocenters. The van der Waals surface area contributed by atoms with Gasteiger partial charge in [0.1, 0.15) is 18.0 Å². The molecule has 0 atom stereocenters. The Morgan fingerprint density at radius 2 is 1.91 bits per heavy atom. The third kappa shape index (κ3) is 3.95. The van der Waals surface area contributed by atoms with Gasteiger partial charge in [-0.05, 0) is 17.7 Å². The van der Waals surface area contributed by atoms with Crippen LogP contribution in [0.25, 0.3) is 0 Å². The van der Waals surface area contributed by atoms with Crippen LogP contribution in [0.2, 0.25) is 5.02 Å². The number of halogens is 2. The molecule has 2 rings (SSSR count). The highest BCUT2D eigenvalue weighted by atomic mass is 35.5. The average Bonchev–Trinajstić information content (AvgIpc) is 2.45. The van der Waals surface area contributed by atoms with E-state index in [1.54, 1.807) is 24.3 Å². The molecular weight excluding hydrogens is 313 g/mol. The van der Waals surface area contributed by atoms with Crippen LogP contribution in [-0.2, 0) is 11.3 Å². The maximum atomic E-state index is 13.6. The summed E-state index contributed by atoms with van der Waals surface area (Å²) >= 11 is 5.66. The Morgan fingerprint density at radius 3 is 2.55 bits per heavy atom. The molecule has 5 nitrogen and oxygen atoms in total. The molecule has 0 bridgehead atoms. The van der Waals surface area contributed by atoms with E-state index in [-0.39, 0.29) is 17.3 Å². The van der Waals surface area contributed by atoms with Crippen LogP contribution in [0.15, 0.2) is 42.5 Å². The van der Waals surface area contributed by atoms with E-state index in [9.17, 15) is 14.0 Å². The van der Waals surface area contributed by atoms with Crippen LogP contribution >= 0.6 is 11.6 Å². The largest absolute Gasteiger partial charge is 0.478 e. The van der Waals surface area contributed by atoms with E-state index in [4.69, 9.17) is 21.4 Å². The second-order valence-electron chi connectivity index (χ2n) is 4.30. The summed E-state index contributed by atoms with van der Waals surface area (Å²) in [6.45, 7) is -0.00186. The quantitative estimate of drug-likeness (QED) is 0.894. The van der Waals surface area contributed by atoms with Gasteiger partial charge < -0.3 is 9.84 Å². The zero-order valence-corrected chi connectivity index (χ0v) is 11.9. The highest BCUT2D eigenvalue weighted by Crippen LogP contribution is 2.25. The summed E-state index contributed by atoms with van der Waals surface area (Å²) in [5.41, 5.74) is -0.190. The molecule has 0 saturated carbocycles. The number of hydrogen-bond acceptors (Lipinski definition) is 3. The van der Waals surface area contributed by atoms with Crippen molar-refractivity contribution >= 4 is 29.4 Å². The van der Waals surface area contributed by atoms with Gasteiger partial charge in [0.15, 0.2) is 0 Å². The van der Waals surface area contributed by atoms with E-state index >= 15 is 0 Å². The smallest absolute Gasteiger partial charge is 0.411 e. The number of carbonyl (C=O) groups is 2. The lowest BCUT2D eigenvalue weighted by Gasteiger charge is -2.10. The monoisotopic (exact) mass is 323 g/mol. The topological polar surface area (TPSA) is 75.6 Å². The molecule has 1 amide bonds. The molecule has 7 heteroatoms. The Bertz CT molecular complexity index is 706. The third-order valence-electron chi connectivity index (χ3n) is 2.72. The first kappa shape index (κ1) is 15.8. The summed E-state index contributed by atoms with van der Waals surface area (Å²) in [5, 5.41) is 11.1. The molecule has 2 N–H and O–H groups in total. The zero-order chi connectivity index (χ0) is 16.1. The molecule has 0 heterocycles. The van der Waals surface area contributed by atoms with Gasteiger partial charge in [-0.2, -0.15) is 0 Å². The summed E-state index contributed by atoms with van der Waals surface area (Å²) in [6, 6.07) is 10.9. The van der Waals surface area contributed by atoms with Gasteiger partial charge in [-0.1, -0.05) is 41.9 Å². The summed E-state index contributed by atoms with van der Waals surface area (Å²) < 4.78 is 18.5. The molecule has 0 fully saturated rings. The van der Waals surface area contributed by atoms with Crippen molar-refractivity contribution in [1.82, 2.24) is 0 Å². The van der Waals surface area contributed by atoms with E-state index in [1.165, 1.54) is 0 Å². The van der Waals surface area contributed by atoms with Gasteiger partial charge in [0.25, 0.3) is 0 Å². The van der Waals surface area contributed by atoms with Gasteiger partial charge in [0, 0.05) is 5.02 Å². The standard InChI is InChI=1S/C15H11ClFNO4/c16-10-6-11(17)13(14(19)20)12(7-10)18-15(21)22-8-9-4-2-1-3-5-9/h1-7H,8H2,(H,18,21)(H,19,20). The van der Waals surface area contributed by atoms with Crippen LogP contribution in [0.5, 0.6) is 0 Å². The first-order valence-electron chi connectivity index (χ1n) is 6.17. The second kappa shape index (κ2) is 6.91. The lowest BCUT2D eigenvalue weighted by Crippen LogP contribution is -2.17. The Kier molecular flexibility index (Phi) is 4.95. The number of carboxylic acid groups (broad SMARTS) is 1. The summed E-state index contributed by atoms with van der Waals surface area (Å²) in [7, 11) is 0. The Balaban J connectivity index is 2.10. The SMILES string of the molecule is O=C(Nc1cc(Cl)cc(F)c1C(=O)O)OCc1ccccc1. The highest BCUT2D eigenvalue weighted by Gasteiger charge is 2.19. The summed E-state index contributed by atoms with van der Waals surface area (Å²) in [6.07, 6.45) is -0.909. The van der Waals surface area contributed by atoms with Crippen molar-refractivity contribution < 1.29 is 23.8 Å². The van der Waals surface area contributed by atoms with Crippen molar-refractivity contribution in [1.29, 1.82) is 0 Å². The van der Waals surface area contributed by atoms with Crippen LogP contribution in [0.4, 0.5) is 14.9 Å². The minimum absolute atomic E-state index is 0.00186. The number of nitrogens with one attached hydrogen (secondary N) is 1. The molecule has 0 aromatic heterocycles. The number of hydrogen-bond donors (Lipinski definition) is 2. The predicted octanol–water partition coefficient (Wildman–Crippen LogP) is 3.93. The fraction of sp³-hybridized carbons (Fsp3) is 0.0667. The molecule has 22 heavy (non-hydrogen) atoms. The zero-order valence-electron chi connectivity index (χ0n) is 11.2. The van der Waals surface area contributed by atoms with Crippen molar-refractivity contribution in [2.24, 2.45) is 0 Å². The molecule has 2 aromatic rings. The molecule has 0 aliphatic rings. The highest BCUT2D eigenvalue weighted by molar-refractivity contribution is 6.31. The van der Waals surface area contributed by atoms with Crippen molar-refractivity contribution in [3.8, 4) is 0 Å². The number of amides is 1. The number of benzene rings is 2. The molecular formula is C15H11ClFNO4. The molecule has 0 aliphatic carbocycles. The maximum Gasteiger partial charge on any atom is 0.411 e. The average molecular weight is 324 g/mol. The Morgan fingerprint density at radius 1 is 1.23 bits per heavy atom. The van der Waals surface area contributed by atoms with E-state index in [0.717, 1.165) is 17.7 Å².